The summed E-state index contributed by atoms with van der Waals surface area (Å²) in [5, 5.41) is 3.40. The number of nitrogens with one attached hydrogen (secondary N) is 1. The van der Waals surface area contributed by atoms with E-state index in [9.17, 15) is 4.79 Å². The number of ether oxygens (including phenoxy) is 1. The van der Waals surface area contributed by atoms with Crippen molar-refractivity contribution in [1.82, 2.24) is 15.1 Å². The highest BCUT2D eigenvalue weighted by atomic mass is 16.5. The van der Waals surface area contributed by atoms with Gasteiger partial charge in [-0.1, -0.05) is 0 Å². The van der Waals surface area contributed by atoms with Crippen LogP contribution in [0.3, 0.4) is 0 Å². The van der Waals surface area contributed by atoms with Crippen LogP contribution in [0.15, 0.2) is 0 Å². The van der Waals surface area contributed by atoms with Crippen molar-refractivity contribution in [1.29, 1.82) is 0 Å². The zero-order valence-electron chi connectivity index (χ0n) is 12.9. The zero-order chi connectivity index (χ0) is 14.4. The molecule has 2 saturated heterocycles. The molecule has 1 unspecified atom stereocenters. The van der Waals surface area contributed by atoms with Crippen molar-refractivity contribution < 1.29 is 9.53 Å². The normalized spacial score (nSPS) is 23.1. The molecule has 1 N–H and O–H groups in total. The summed E-state index contributed by atoms with van der Waals surface area (Å²) in [5.74, 6) is 1.07. The highest BCUT2D eigenvalue weighted by molar-refractivity contribution is 5.81. The van der Waals surface area contributed by atoms with E-state index in [-0.39, 0.29) is 11.9 Å². The van der Waals surface area contributed by atoms with Crippen molar-refractivity contribution in [3.63, 3.8) is 0 Å². The molecule has 0 aromatic rings. The first-order valence-electron chi connectivity index (χ1n) is 7.96. The van der Waals surface area contributed by atoms with Crippen molar-refractivity contribution in [3.8, 4) is 0 Å². The third-order valence-corrected chi connectivity index (χ3v) is 4.69. The molecule has 0 aromatic heterocycles. The highest BCUT2D eigenvalue weighted by Crippen LogP contribution is 2.17. The van der Waals surface area contributed by atoms with Gasteiger partial charge in [-0.15, -0.1) is 0 Å². The minimum Gasteiger partial charge on any atom is -0.378 e. The molecule has 0 saturated carbocycles. The number of piperidine rings is 1. The molecule has 1 atom stereocenters. The number of carbonyl (C=O) groups excluding carboxylic acids is 1. The highest BCUT2D eigenvalue weighted by Gasteiger charge is 2.25. The van der Waals surface area contributed by atoms with E-state index in [2.05, 4.69) is 17.3 Å². The van der Waals surface area contributed by atoms with E-state index >= 15 is 0 Å². The molecule has 2 fully saturated rings. The third-order valence-electron chi connectivity index (χ3n) is 4.69. The molecular formula is C15H29N3O2. The standard InChI is InChI=1S/C15H29N3O2/c1-13(15(19)18-9-11-20-12-10-18)17(2)8-5-14-3-6-16-7-4-14/h13-14,16H,3-12H2,1-2H3. The summed E-state index contributed by atoms with van der Waals surface area (Å²) >= 11 is 0. The Morgan fingerprint density at radius 2 is 2.00 bits per heavy atom. The first kappa shape index (κ1) is 15.7. The Hall–Kier alpha value is -0.650. The van der Waals surface area contributed by atoms with E-state index in [0.717, 1.165) is 38.6 Å². The Balaban J connectivity index is 1.72. The molecule has 2 heterocycles. The van der Waals surface area contributed by atoms with E-state index in [1.54, 1.807) is 0 Å². The second-order valence-electron chi connectivity index (χ2n) is 6.08. The van der Waals surface area contributed by atoms with Crippen LogP contribution >= 0.6 is 0 Å². The maximum atomic E-state index is 12.4. The van der Waals surface area contributed by atoms with Gasteiger partial charge in [-0.25, -0.2) is 0 Å². The monoisotopic (exact) mass is 283 g/mol. The molecule has 2 aliphatic rings. The van der Waals surface area contributed by atoms with Gasteiger partial charge in [0, 0.05) is 13.1 Å². The quantitative estimate of drug-likeness (QED) is 0.800. The number of hydrogen-bond donors (Lipinski definition) is 1. The molecule has 1 amide bonds. The maximum absolute atomic E-state index is 12.4. The lowest BCUT2D eigenvalue weighted by Gasteiger charge is -2.33. The summed E-state index contributed by atoms with van der Waals surface area (Å²) < 4.78 is 5.30. The topological polar surface area (TPSA) is 44.8 Å². The minimum absolute atomic E-state index is 0.0187. The van der Waals surface area contributed by atoms with Crippen LogP contribution in [0, 0.1) is 5.92 Å². The van der Waals surface area contributed by atoms with Crippen LogP contribution < -0.4 is 5.32 Å². The summed E-state index contributed by atoms with van der Waals surface area (Å²) in [6.07, 6.45) is 3.76. The lowest BCUT2D eigenvalue weighted by Crippen LogP contribution is -2.50. The van der Waals surface area contributed by atoms with Crippen LogP contribution in [0.5, 0.6) is 0 Å². The summed E-state index contributed by atoms with van der Waals surface area (Å²) in [6, 6.07) is -0.0187. The molecule has 5 heteroatoms. The largest absolute Gasteiger partial charge is 0.378 e. The van der Waals surface area contributed by atoms with E-state index in [0.29, 0.717) is 13.2 Å². The molecule has 116 valence electrons. The number of nitrogens with zero attached hydrogens (tertiary/aromatic N) is 2. The Morgan fingerprint density at radius 1 is 1.35 bits per heavy atom. The van der Waals surface area contributed by atoms with Gasteiger partial charge in [0.05, 0.1) is 19.3 Å². The Kier molecular flexibility index (Phi) is 6.26. The van der Waals surface area contributed by atoms with Gasteiger partial charge in [0.15, 0.2) is 0 Å². The summed E-state index contributed by atoms with van der Waals surface area (Å²) in [5.41, 5.74) is 0. The summed E-state index contributed by atoms with van der Waals surface area (Å²) in [4.78, 5) is 16.6. The van der Waals surface area contributed by atoms with Gasteiger partial charge in [-0.3, -0.25) is 9.69 Å². The van der Waals surface area contributed by atoms with Crippen LogP contribution in [-0.2, 0) is 9.53 Å². The maximum Gasteiger partial charge on any atom is 0.239 e. The van der Waals surface area contributed by atoms with Crippen LogP contribution in [0.4, 0.5) is 0 Å². The van der Waals surface area contributed by atoms with Gasteiger partial charge in [-0.2, -0.15) is 0 Å². The molecule has 20 heavy (non-hydrogen) atoms. The predicted molar refractivity (Wildman–Crippen MR) is 79.7 cm³/mol. The predicted octanol–water partition coefficient (Wildman–Crippen LogP) is 0.555. The SMILES string of the molecule is CC(C(=O)N1CCOCC1)N(C)CCC1CCNCC1. The van der Waals surface area contributed by atoms with Gasteiger partial charge >= 0.3 is 0 Å². The van der Waals surface area contributed by atoms with E-state index in [1.807, 2.05) is 11.8 Å². The lowest BCUT2D eigenvalue weighted by atomic mass is 9.94. The second-order valence-corrected chi connectivity index (χ2v) is 6.08. The number of hydrogen-bond acceptors (Lipinski definition) is 4. The summed E-state index contributed by atoms with van der Waals surface area (Å²) in [7, 11) is 2.07. The first-order chi connectivity index (χ1) is 9.68. The average Bonchev–Trinajstić information content (AvgIpc) is 2.53. The van der Waals surface area contributed by atoms with Gasteiger partial charge in [0.25, 0.3) is 0 Å². The number of amides is 1. The van der Waals surface area contributed by atoms with Gasteiger partial charge in [0.2, 0.25) is 5.91 Å². The average molecular weight is 283 g/mol. The van der Waals surface area contributed by atoms with Crippen molar-refractivity contribution >= 4 is 5.91 Å². The van der Waals surface area contributed by atoms with Crippen LogP contribution in [0.25, 0.3) is 0 Å². The lowest BCUT2D eigenvalue weighted by molar-refractivity contribution is -0.140. The zero-order valence-corrected chi connectivity index (χ0v) is 12.9. The molecule has 0 spiro atoms. The van der Waals surface area contributed by atoms with Crippen molar-refractivity contribution in [2.45, 2.75) is 32.2 Å². The first-order valence-corrected chi connectivity index (χ1v) is 7.96. The molecular weight excluding hydrogens is 254 g/mol. The number of likely N-dealkylation sites (N-methyl/N-ethyl adjacent to an activating group) is 1. The second kappa shape index (κ2) is 7.96. The molecule has 0 aromatic carbocycles. The Bertz CT molecular complexity index is 299. The number of morpholine rings is 1. The van der Waals surface area contributed by atoms with E-state index < -0.39 is 0 Å². The van der Waals surface area contributed by atoms with Crippen molar-refractivity contribution in [2.75, 3.05) is 53.0 Å². The number of carbonyl (C=O) groups is 1. The van der Waals surface area contributed by atoms with Gasteiger partial charge in [0.1, 0.15) is 0 Å². The Morgan fingerprint density at radius 3 is 2.65 bits per heavy atom. The van der Waals surface area contributed by atoms with E-state index in [4.69, 9.17) is 4.74 Å². The summed E-state index contributed by atoms with van der Waals surface area (Å²) in [6.45, 7) is 8.18. The molecule has 2 rings (SSSR count). The van der Waals surface area contributed by atoms with Crippen LogP contribution in [0.1, 0.15) is 26.2 Å². The van der Waals surface area contributed by atoms with Crippen LogP contribution in [0.2, 0.25) is 0 Å². The van der Waals surface area contributed by atoms with Gasteiger partial charge < -0.3 is 15.0 Å². The van der Waals surface area contributed by atoms with Crippen molar-refractivity contribution in [2.24, 2.45) is 5.92 Å². The fraction of sp³-hybridized carbons (Fsp3) is 0.933. The third kappa shape index (κ3) is 4.43. The molecule has 0 aliphatic carbocycles. The molecule has 5 nitrogen and oxygen atoms in total. The fourth-order valence-corrected chi connectivity index (χ4v) is 2.99. The molecule has 0 radical (unpaired) electrons. The minimum atomic E-state index is -0.0187. The number of rotatable bonds is 5. The Labute approximate surface area is 122 Å². The molecule has 0 bridgehead atoms. The van der Waals surface area contributed by atoms with Crippen molar-refractivity contribution in [3.05, 3.63) is 0 Å². The fourth-order valence-electron chi connectivity index (χ4n) is 2.99. The molecule has 2 aliphatic heterocycles. The van der Waals surface area contributed by atoms with Gasteiger partial charge in [-0.05, 0) is 58.8 Å². The smallest absolute Gasteiger partial charge is 0.239 e. The van der Waals surface area contributed by atoms with E-state index in [1.165, 1.54) is 19.3 Å². The van der Waals surface area contributed by atoms with Crippen LogP contribution in [-0.4, -0.2) is 74.7 Å².